The SMILES string of the molecule is CC(=O)C1CC=NC(C(=O)O)C1. The first-order valence-electron chi connectivity index (χ1n) is 3.86. The maximum atomic E-state index is 10.9. The molecule has 1 N–H and O–H groups in total. The van der Waals surface area contributed by atoms with Gasteiger partial charge in [-0.2, -0.15) is 0 Å². The Morgan fingerprint density at radius 2 is 2.25 bits per heavy atom. The molecule has 2 atom stereocenters. The van der Waals surface area contributed by atoms with Gasteiger partial charge in [-0.15, -0.1) is 0 Å². The minimum atomic E-state index is -0.947. The van der Waals surface area contributed by atoms with Crippen molar-refractivity contribution in [3.05, 3.63) is 0 Å². The van der Waals surface area contributed by atoms with E-state index in [0.29, 0.717) is 12.8 Å². The van der Waals surface area contributed by atoms with Crippen LogP contribution in [0.2, 0.25) is 0 Å². The van der Waals surface area contributed by atoms with Crippen molar-refractivity contribution in [2.24, 2.45) is 10.9 Å². The smallest absolute Gasteiger partial charge is 0.328 e. The van der Waals surface area contributed by atoms with E-state index in [4.69, 9.17) is 5.11 Å². The summed E-state index contributed by atoms with van der Waals surface area (Å²) in [6.45, 7) is 1.49. The van der Waals surface area contributed by atoms with Gasteiger partial charge in [0, 0.05) is 12.1 Å². The molecule has 0 spiro atoms. The number of carbonyl (C=O) groups is 2. The van der Waals surface area contributed by atoms with Crippen molar-refractivity contribution < 1.29 is 14.7 Å². The second kappa shape index (κ2) is 3.47. The Bertz CT molecular complexity index is 234. The molecule has 1 aliphatic heterocycles. The number of nitrogens with zero attached hydrogens (tertiary/aromatic N) is 1. The Morgan fingerprint density at radius 3 is 2.75 bits per heavy atom. The molecule has 0 amide bonds. The third-order valence-electron chi connectivity index (χ3n) is 2.04. The predicted molar refractivity (Wildman–Crippen MR) is 43.3 cm³/mol. The van der Waals surface area contributed by atoms with Crippen molar-refractivity contribution in [3.8, 4) is 0 Å². The molecule has 0 radical (unpaired) electrons. The number of Topliss-reactive ketones (excluding diaryl/α,β-unsaturated/α-hetero) is 1. The molecule has 0 aromatic rings. The van der Waals surface area contributed by atoms with Crippen molar-refractivity contribution in [1.82, 2.24) is 0 Å². The van der Waals surface area contributed by atoms with E-state index in [-0.39, 0.29) is 11.7 Å². The Kier molecular flexibility index (Phi) is 2.58. The molecule has 0 saturated heterocycles. The lowest BCUT2D eigenvalue weighted by atomic mass is 9.91. The van der Waals surface area contributed by atoms with Gasteiger partial charge in [-0.3, -0.25) is 9.79 Å². The fourth-order valence-corrected chi connectivity index (χ4v) is 1.24. The van der Waals surface area contributed by atoms with E-state index in [2.05, 4.69) is 4.99 Å². The molecule has 0 aliphatic carbocycles. The molecule has 1 heterocycles. The van der Waals surface area contributed by atoms with Gasteiger partial charge < -0.3 is 5.11 Å². The number of carboxylic acid groups (broad SMARTS) is 1. The first kappa shape index (κ1) is 8.90. The monoisotopic (exact) mass is 169 g/mol. The molecule has 2 unspecified atom stereocenters. The first-order valence-corrected chi connectivity index (χ1v) is 3.86. The number of aliphatic carboxylic acids is 1. The van der Waals surface area contributed by atoms with Gasteiger partial charge in [0.1, 0.15) is 11.8 Å². The summed E-state index contributed by atoms with van der Waals surface area (Å²) in [7, 11) is 0. The van der Waals surface area contributed by atoms with Gasteiger partial charge in [0.25, 0.3) is 0 Å². The van der Waals surface area contributed by atoms with Gasteiger partial charge in [-0.05, 0) is 19.8 Å². The number of carboxylic acids is 1. The summed E-state index contributed by atoms with van der Waals surface area (Å²) in [5.41, 5.74) is 0. The fourth-order valence-electron chi connectivity index (χ4n) is 1.24. The highest BCUT2D eigenvalue weighted by Gasteiger charge is 2.26. The van der Waals surface area contributed by atoms with Crippen LogP contribution in [-0.4, -0.2) is 29.1 Å². The van der Waals surface area contributed by atoms with E-state index >= 15 is 0 Å². The van der Waals surface area contributed by atoms with Crippen LogP contribution < -0.4 is 0 Å². The third kappa shape index (κ3) is 1.90. The third-order valence-corrected chi connectivity index (χ3v) is 2.04. The maximum Gasteiger partial charge on any atom is 0.328 e. The van der Waals surface area contributed by atoms with Crippen LogP contribution in [0.5, 0.6) is 0 Å². The average Bonchev–Trinajstić information content (AvgIpc) is 2.04. The lowest BCUT2D eigenvalue weighted by Crippen LogP contribution is -2.28. The molecule has 1 aliphatic rings. The molecule has 0 aromatic carbocycles. The molecule has 0 bridgehead atoms. The molecular weight excluding hydrogens is 158 g/mol. The van der Waals surface area contributed by atoms with Crippen molar-refractivity contribution in [2.75, 3.05) is 0 Å². The molecule has 0 saturated carbocycles. The van der Waals surface area contributed by atoms with Gasteiger partial charge in [0.15, 0.2) is 0 Å². The van der Waals surface area contributed by atoms with E-state index in [9.17, 15) is 9.59 Å². The van der Waals surface area contributed by atoms with Crippen LogP contribution in [0.4, 0.5) is 0 Å². The molecular formula is C8H11NO3. The molecule has 4 heteroatoms. The second-order valence-corrected chi connectivity index (χ2v) is 2.96. The Balaban J connectivity index is 2.63. The summed E-state index contributed by atoms with van der Waals surface area (Å²) in [4.78, 5) is 25.2. The van der Waals surface area contributed by atoms with Crippen LogP contribution in [-0.2, 0) is 9.59 Å². The van der Waals surface area contributed by atoms with E-state index in [1.165, 1.54) is 13.1 Å². The molecule has 4 nitrogen and oxygen atoms in total. The number of rotatable bonds is 2. The van der Waals surface area contributed by atoms with Crippen LogP contribution in [0.3, 0.4) is 0 Å². The highest BCUT2D eigenvalue weighted by atomic mass is 16.4. The summed E-state index contributed by atoms with van der Waals surface area (Å²) >= 11 is 0. The van der Waals surface area contributed by atoms with Crippen molar-refractivity contribution in [1.29, 1.82) is 0 Å². The van der Waals surface area contributed by atoms with Gasteiger partial charge in [-0.25, -0.2) is 4.79 Å². The van der Waals surface area contributed by atoms with E-state index in [1.807, 2.05) is 0 Å². The van der Waals surface area contributed by atoms with Crippen molar-refractivity contribution in [3.63, 3.8) is 0 Å². The summed E-state index contributed by atoms with van der Waals surface area (Å²) in [5, 5.41) is 8.61. The topological polar surface area (TPSA) is 66.7 Å². The lowest BCUT2D eigenvalue weighted by molar-refractivity contribution is -0.139. The fraction of sp³-hybridized carbons (Fsp3) is 0.625. The van der Waals surface area contributed by atoms with Gasteiger partial charge in [0.05, 0.1) is 0 Å². The molecule has 12 heavy (non-hydrogen) atoms. The standard InChI is InChI=1S/C8H11NO3/c1-5(10)6-2-3-9-7(4-6)8(11)12/h3,6-7H,2,4H2,1H3,(H,11,12). The zero-order valence-corrected chi connectivity index (χ0v) is 6.86. The minimum Gasteiger partial charge on any atom is -0.480 e. The lowest BCUT2D eigenvalue weighted by Gasteiger charge is -2.18. The Hall–Kier alpha value is -1.19. The van der Waals surface area contributed by atoms with Crippen LogP contribution in [0, 0.1) is 5.92 Å². The largest absolute Gasteiger partial charge is 0.480 e. The summed E-state index contributed by atoms with van der Waals surface area (Å²) in [6.07, 6.45) is 2.47. The number of hydrogen-bond donors (Lipinski definition) is 1. The number of aliphatic imine (C=N–C) groups is 1. The predicted octanol–water partition coefficient (Wildman–Crippen LogP) is 0.509. The van der Waals surface area contributed by atoms with Crippen LogP contribution >= 0.6 is 0 Å². The number of hydrogen-bond acceptors (Lipinski definition) is 3. The second-order valence-electron chi connectivity index (χ2n) is 2.96. The summed E-state index contributed by atoms with van der Waals surface area (Å²) in [5.74, 6) is -1.05. The average molecular weight is 169 g/mol. The molecule has 0 aromatic heterocycles. The van der Waals surface area contributed by atoms with E-state index in [0.717, 1.165) is 0 Å². The highest BCUT2D eigenvalue weighted by Crippen LogP contribution is 2.18. The minimum absolute atomic E-state index is 0.0485. The molecule has 66 valence electrons. The summed E-state index contributed by atoms with van der Waals surface area (Å²) < 4.78 is 0. The Labute approximate surface area is 70.3 Å². The van der Waals surface area contributed by atoms with Gasteiger partial charge in [0.2, 0.25) is 0 Å². The quantitative estimate of drug-likeness (QED) is 0.654. The van der Waals surface area contributed by atoms with Gasteiger partial charge in [-0.1, -0.05) is 0 Å². The zero-order valence-electron chi connectivity index (χ0n) is 6.86. The van der Waals surface area contributed by atoms with Gasteiger partial charge >= 0.3 is 5.97 Å². The van der Waals surface area contributed by atoms with Crippen molar-refractivity contribution in [2.45, 2.75) is 25.8 Å². The van der Waals surface area contributed by atoms with E-state index in [1.54, 1.807) is 0 Å². The van der Waals surface area contributed by atoms with Crippen LogP contribution in [0.15, 0.2) is 4.99 Å². The zero-order chi connectivity index (χ0) is 9.14. The van der Waals surface area contributed by atoms with Crippen molar-refractivity contribution >= 4 is 18.0 Å². The number of carbonyl (C=O) groups excluding carboxylic acids is 1. The normalized spacial score (nSPS) is 28.4. The first-order chi connectivity index (χ1) is 5.61. The van der Waals surface area contributed by atoms with E-state index < -0.39 is 12.0 Å². The maximum absolute atomic E-state index is 10.9. The molecule has 0 fully saturated rings. The highest BCUT2D eigenvalue weighted by molar-refractivity contribution is 5.85. The number of ketones is 1. The Morgan fingerprint density at radius 1 is 1.58 bits per heavy atom. The van der Waals surface area contributed by atoms with Crippen LogP contribution in [0.1, 0.15) is 19.8 Å². The van der Waals surface area contributed by atoms with Crippen LogP contribution in [0.25, 0.3) is 0 Å². The molecule has 1 rings (SSSR count). The summed E-state index contributed by atoms with van der Waals surface area (Å²) in [6, 6.07) is -0.715.